The van der Waals surface area contributed by atoms with Crippen molar-refractivity contribution in [2.24, 2.45) is 5.92 Å². The molecule has 0 saturated heterocycles. The molecule has 2 heteroatoms. The molecule has 0 saturated carbocycles. The largest absolute Gasteiger partial charge is 0.392 e. The Morgan fingerprint density at radius 2 is 1.73 bits per heavy atom. The Kier molecular flexibility index (Phi) is 4.62. The first-order valence-corrected chi connectivity index (χ1v) is 5.87. The van der Waals surface area contributed by atoms with Crippen LogP contribution in [0.3, 0.4) is 0 Å². The molecule has 0 spiro atoms. The maximum Gasteiger partial charge on any atom is 0.0631 e. The Balaban J connectivity index is 2.87. The molecule has 2 atom stereocenters. The Hall–Kier alpha value is -0.530. The summed E-state index contributed by atoms with van der Waals surface area (Å²) in [6.45, 7) is 6.19. The van der Waals surface area contributed by atoms with Crippen molar-refractivity contribution in [3.05, 3.63) is 34.9 Å². The first-order chi connectivity index (χ1) is 7.06. The van der Waals surface area contributed by atoms with Gasteiger partial charge in [0.2, 0.25) is 0 Å². The van der Waals surface area contributed by atoms with Crippen LogP contribution in [-0.2, 0) is 0 Å². The minimum absolute atomic E-state index is 0.210. The topological polar surface area (TPSA) is 20.2 Å². The van der Waals surface area contributed by atoms with Crippen molar-refractivity contribution >= 4 is 11.6 Å². The lowest BCUT2D eigenvalue weighted by Crippen LogP contribution is -2.23. The average Bonchev–Trinajstić information content (AvgIpc) is 2.21. The fourth-order valence-electron chi connectivity index (χ4n) is 1.85. The summed E-state index contributed by atoms with van der Waals surface area (Å²) in [6.07, 6.45) is 0.664. The standard InChI is InChI=1S/C13H19ClO/c1-4-12(13(15)9(2)3)10-5-7-11(14)8-6-10/h5-9,12-13,15H,4H2,1-3H3. The normalized spacial score (nSPS) is 15.3. The number of benzene rings is 1. The van der Waals surface area contributed by atoms with Crippen molar-refractivity contribution in [1.82, 2.24) is 0 Å². The number of aliphatic hydroxyl groups is 1. The van der Waals surface area contributed by atoms with E-state index >= 15 is 0 Å². The van der Waals surface area contributed by atoms with Gasteiger partial charge in [0, 0.05) is 10.9 Å². The smallest absolute Gasteiger partial charge is 0.0631 e. The van der Waals surface area contributed by atoms with E-state index < -0.39 is 0 Å². The summed E-state index contributed by atoms with van der Waals surface area (Å²) >= 11 is 5.84. The minimum atomic E-state index is -0.281. The molecule has 0 aliphatic carbocycles. The Morgan fingerprint density at radius 1 is 1.20 bits per heavy atom. The molecule has 0 heterocycles. The van der Waals surface area contributed by atoms with E-state index in [1.54, 1.807) is 0 Å². The molecule has 2 unspecified atom stereocenters. The first-order valence-electron chi connectivity index (χ1n) is 5.49. The zero-order valence-corrected chi connectivity index (χ0v) is 10.3. The number of rotatable bonds is 4. The lowest BCUT2D eigenvalue weighted by Gasteiger charge is -2.25. The summed E-state index contributed by atoms with van der Waals surface area (Å²) in [4.78, 5) is 0. The second-order valence-corrected chi connectivity index (χ2v) is 4.74. The minimum Gasteiger partial charge on any atom is -0.392 e. The lowest BCUT2D eigenvalue weighted by atomic mass is 9.85. The van der Waals surface area contributed by atoms with Crippen LogP contribution in [0.15, 0.2) is 24.3 Å². The Labute approximate surface area is 97.1 Å². The van der Waals surface area contributed by atoms with Crippen LogP contribution in [-0.4, -0.2) is 11.2 Å². The average molecular weight is 227 g/mol. The van der Waals surface area contributed by atoms with Crippen molar-refractivity contribution in [2.45, 2.75) is 39.2 Å². The predicted molar refractivity (Wildman–Crippen MR) is 65.3 cm³/mol. The van der Waals surface area contributed by atoms with Gasteiger partial charge >= 0.3 is 0 Å². The second kappa shape index (κ2) is 5.53. The van der Waals surface area contributed by atoms with Gasteiger partial charge in [0.15, 0.2) is 0 Å². The second-order valence-electron chi connectivity index (χ2n) is 4.30. The monoisotopic (exact) mass is 226 g/mol. The van der Waals surface area contributed by atoms with Gasteiger partial charge in [-0.25, -0.2) is 0 Å². The van der Waals surface area contributed by atoms with E-state index in [1.807, 2.05) is 38.1 Å². The molecule has 15 heavy (non-hydrogen) atoms. The van der Waals surface area contributed by atoms with E-state index in [-0.39, 0.29) is 17.9 Å². The van der Waals surface area contributed by atoms with Gasteiger partial charge in [-0.1, -0.05) is 44.5 Å². The van der Waals surface area contributed by atoms with Gasteiger partial charge < -0.3 is 5.11 Å². The van der Waals surface area contributed by atoms with Crippen LogP contribution in [0.5, 0.6) is 0 Å². The summed E-state index contributed by atoms with van der Waals surface area (Å²) in [7, 11) is 0. The van der Waals surface area contributed by atoms with E-state index in [2.05, 4.69) is 6.92 Å². The SMILES string of the molecule is CCC(c1ccc(Cl)cc1)C(O)C(C)C. The van der Waals surface area contributed by atoms with Crippen molar-refractivity contribution in [3.63, 3.8) is 0 Å². The molecule has 0 aromatic heterocycles. The maximum atomic E-state index is 10.1. The molecule has 84 valence electrons. The summed E-state index contributed by atoms with van der Waals surface area (Å²) in [6, 6.07) is 7.77. The number of halogens is 1. The number of hydrogen-bond donors (Lipinski definition) is 1. The molecule has 1 aromatic carbocycles. The van der Waals surface area contributed by atoms with Crippen LogP contribution in [0.1, 0.15) is 38.7 Å². The van der Waals surface area contributed by atoms with Crippen molar-refractivity contribution in [3.8, 4) is 0 Å². The lowest BCUT2D eigenvalue weighted by molar-refractivity contribution is 0.0943. The summed E-state index contributed by atoms with van der Waals surface area (Å²) in [5.74, 6) is 0.493. The van der Waals surface area contributed by atoms with Crippen LogP contribution in [0.2, 0.25) is 5.02 Å². The van der Waals surface area contributed by atoms with E-state index in [0.29, 0.717) is 0 Å². The highest BCUT2D eigenvalue weighted by Gasteiger charge is 2.21. The fraction of sp³-hybridized carbons (Fsp3) is 0.538. The zero-order valence-electron chi connectivity index (χ0n) is 9.57. The number of aliphatic hydroxyl groups excluding tert-OH is 1. The van der Waals surface area contributed by atoms with Gasteiger partial charge in [0.25, 0.3) is 0 Å². The van der Waals surface area contributed by atoms with E-state index in [4.69, 9.17) is 11.6 Å². The molecule has 1 N–H and O–H groups in total. The molecule has 0 amide bonds. The quantitative estimate of drug-likeness (QED) is 0.827. The molecule has 0 bridgehead atoms. The molecule has 1 aromatic rings. The Bertz CT molecular complexity index is 292. The molecule has 0 radical (unpaired) electrons. The van der Waals surface area contributed by atoms with Crippen LogP contribution in [0, 0.1) is 5.92 Å². The molecule has 0 fully saturated rings. The summed E-state index contributed by atoms with van der Waals surface area (Å²) in [5.41, 5.74) is 1.17. The molecule has 0 aliphatic heterocycles. The zero-order chi connectivity index (χ0) is 11.4. The van der Waals surface area contributed by atoms with Gasteiger partial charge in [0.1, 0.15) is 0 Å². The van der Waals surface area contributed by atoms with Crippen molar-refractivity contribution in [2.75, 3.05) is 0 Å². The third-order valence-electron chi connectivity index (χ3n) is 2.83. The van der Waals surface area contributed by atoms with Gasteiger partial charge in [-0.2, -0.15) is 0 Å². The highest BCUT2D eigenvalue weighted by molar-refractivity contribution is 6.30. The predicted octanol–water partition coefficient (Wildman–Crippen LogP) is 3.85. The molecular weight excluding hydrogens is 208 g/mol. The van der Waals surface area contributed by atoms with Gasteiger partial charge in [-0.3, -0.25) is 0 Å². The molecule has 1 rings (SSSR count). The maximum absolute atomic E-state index is 10.1. The van der Waals surface area contributed by atoms with Gasteiger partial charge in [-0.05, 0) is 30.0 Å². The van der Waals surface area contributed by atoms with E-state index in [9.17, 15) is 5.11 Å². The van der Waals surface area contributed by atoms with Crippen LogP contribution < -0.4 is 0 Å². The van der Waals surface area contributed by atoms with E-state index in [0.717, 1.165) is 11.4 Å². The van der Waals surface area contributed by atoms with E-state index in [1.165, 1.54) is 5.56 Å². The molecule has 0 aliphatic rings. The summed E-state index contributed by atoms with van der Waals surface area (Å²) in [5, 5.41) is 10.8. The Morgan fingerprint density at radius 3 is 2.13 bits per heavy atom. The van der Waals surface area contributed by atoms with Crippen molar-refractivity contribution < 1.29 is 5.11 Å². The van der Waals surface area contributed by atoms with Crippen LogP contribution in [0.25, 0.3) is 0 Å². The van der Waals surface area contributed by atoms with Gasteiger partial charge in [0.05, 0.1) is 6.10 Å². The van der Waals surface area contributed by atoms with Crippen LogP contribution >= 0.6 is 11.6 Å². The summed E-state index contributed by atoms with van der Waals surface area (Å²) < 4.78 is 0. The fourth-order valence-corrected chi connectivity index (χ4v) is 1.97. The first kappa shape index (κ1) is 12.5. The molecular formula is C13H19ClO. The highest BCUT2D eigenvalue weighted by Crippen LogP contribution is 2.28. The van der Waals surface area contributed by atoms with Crippen LogP contribution in [0.4, 0.5) is 0 Å². The third kappa shape index (κ3) is 3.22. The van der Waals surface area contributed by atoms with Crippen molar-refractivity contribution in [1.29, 1.82) is 0 Å². The van der Waals surface area contributed by atoms with Gasteiger partial charge in [-0.15, -0.1) is 0 Å². The highest BCUT2D eigenvalue weighted by atomic mass is 35.5. The third-order valence-corrected chi connectivity index (χ3v) is 3.09. The molecule has 1 nitrogen and oxygen atoms in total. The number of hydrogen-bond acceptors (Lipinski definition) is 1.